The first-order chi connectivity index (χ1) is 8.25. The van der Waals surface area contributed by atoms with Crippen LogP contribution in [0, 0.1) is 6.92 Å². The predicted molar refractivity (Wildman–Crippen MR) is 70.7 cm³/mol. The number of pyridine rings is 1. The van der Waals surface area contributed by atoms with Crippen molar-refractivity contribution in [3.8, 4) is 0 Å². The first-order valence-electron chi connectivity index (χ1n) is 5.94. The minimum Gasteiger partial charge on any atom is -0.306 e. The molecule has 0 aliphatic rings. The van der Waals surface area contributed by atoms with Crippen molar-refractivity contribution in [2.24, 2.45) is 0 Å². The average Bonchev–Trinajstić information content (AvgIpc) is 2.37. The van der Waals surface area contributed by atoms with Crippen molar-refractivity contribution in [3.05, 3.63) is 65.5 Å². The first kappa shape index (κ1) is 11.8. The van der Waals surface area contributed by atoms with Crippen LogP contribution in [0.15, 0.2) is 48.8 Å². The van der Waals surface area contributed by atoms with Gasteiger partial charge in [-0.15, -0.1) is 0 Å². The van der Waals surface area contributed by atoms with Gasteiger partial charge in [0.1, 0.15) is 0 Å². The smallest absolute Gasteiger partial charge is 0.0312 e. The molecule has 88 valence electrons. The van der Waals surface area contributed by atoms with Gasteiger partial charge in [-0.1, -0.05) is 35.9 Å². The molecular formula is C15H18N2. The molecule has 0 fully saturated rings. The molecule has 0 saturated carbocycles. The van der Waals surface area contributed by atoms with E-state index in [0.29, 0.717) is 6.04 Å². The molecule has 0 saturated heterocycles. The highest BCUT2D eigenvalue weighted by atomic mass is 14.9. The van der Waals surface area contributed by atoms with Gasteiger partial charge in [0, 0.05) is 25.0 Å². The number of aromatic nitrogens is 1. The van der Waals surface area contributed by atoms with Crippen molar-refractivity contribution >= 4 is 0 Å². The highest BCUT2D eigenvalue weighted by Gasteiger charge is 2.04. The summed E-state index contributed by atoms with van der Waals surface area (Å²) in [7, 11) is 0. The summed E-state index contributed by atoms with van der Waals surface area (Å²) in [6.07, 6.45) is 3.70. The monoisotopic (exact) mass is 226 g/mol. The van der Waals surface area contributed by atoms with E-state index in [0.717, 1.165) is 6.54 Å². The Labute approximate surface area is 103 Å². The maximum absolute atomic E-state index is 4.11. The molecule has 2 heteroatoms. The van der Waals surface area contributed by atoms with Crippen molar-refractivity contribution in [1.29, 1.82) is 0 Å². The molecule has 1 aromatic carbocycles. The molecule has 0 aliphatic carbocycles. The number of nitrogens with one attached hydrogen (secondary N) is 1. The van der Waals surface area contributed by atoms with Crippen LogP contribution in [0.4, 0.5) is 0 Å². The van der Waals surface area contributed by atoms with Crippen LogP contribution in [-0.4, -0.2) is 4.98 Å². The average molecular weight is 226 g/mol. The summed E-state index contributed by atoms with van der Waals surface area (Å²) < 4.78 is 0. The molecule has 0 unspecified atom stereocenters. The zero-order chi connectivity index (χ0) is 12.1. The summed E-state index contributed by atoms with van der Waals surface area (Å²) >= 11 is 0. The molecule has 2 nitrogen and oxygen atoms in total. The highest BCUT2D eigenvalue weighted by Crippen LogP contribution is 2.14. The Bertz CT molecular complexity index is 465. The maximum Gasteiger partial charge on any atom is 0.0312 e. The van der Waals surface area contributed by atoms with Crippen molar-refractivity contribution in [3.63, 3.8) is 0 Å². The zero-order valence-electron chi connectivity index (χ0n) is 10.4. The summed E-state index contributed by atoms with van der Waals surface area (Å²) in [4.78, 5) is 4.11. The second-order valence-corrected chi connectivity index (χ2v) is 4.38. The maximum atomic E-state index is 4.11. The van der Waals surface area contributed by atoms with Gasteiger partial charge in [0.2, 0.25) is 0 Å². The van der Waals surface area contributed by atoms with Gasteiger partial charge in [0.05, 0.1) is 0 Å². The van der Waals surface area contributed by atoms with Crippen LogP contribution in [0.5, 0.6) is 0 Å². The molecule has 1 aromatic heterocycles. The van der Waals surface area contributed by atoms with Crippen molar-refractivity contribution < 1.29 is 0 Å². The Morgan fingerprint density at radius 2 is 2.12 bits per heavy atom. The van der Waals surface area contributed by atoms with Gasteiger partial charge in [-0.3, -0.25) is 4.98 Å². The van der Waals surface area contributed by atoms with E-state index in [-0.39, 0.29) is 0 Å². The lowest BCUT2D eigenvalue weighted by atomic mass is 10.1. The van der Waals surface area contributed by atoms with E-state index in [2.05, 4.69) is 54.5 Å². The lowest BCUT2D eigenvalue weighted by molar-refractivity contribution is 0.573. The molecule has 1 N–H and O–H groups in total. The van der Waals surface area contributed by atoms with Crippen molar-refractivity contribution in [2.45, 2.75) is 26.4 Å². The number of hydrogen-bond donors (Lipinski definition) is 1. The Hall–Kier alpha value is -1.67. The molecule has 17 heavy (non-hydrogen) atoms. The number of benzene rings is 1. The van der Waals surface area contributed by atoms with E-state index in [4.69, 9.17) is 0 Å². The summed E-state index contributed by atoms with van der Waals surface area (Å²) in [5.41, 5.74) is 3.85. The van der Waals surface area contributed by atoms with Crippen LogP contribution in [0.25, 0.3) is 0 Å². The third-order valence-electron chi connectivity index (χ3n) is 2.88. The molecule has 1 atom stereocenters. The van der Waals surface area contributed by atoms with E-state index in [1.807, 2.05) is 12.3 Å². The Morgan fingerprint density at radius 3 is 2.82 bits per heavy atom. The van der Waals surface area contributed by atoms with E-state index < -0.39 is 0 Å². The van der Waals surface area contributed by atoms with Gasteiger partial charge in [-0.25, -0.2) is 0 Å². The third-order valence-corrected chi connectivity index (χ3v) is 2.88. The van der Waals surface area contributed by atoms with Gasteiger partial charge < -0.3 is 5.32 Å². The molecule has 0 radical (unpaired) electrons. The van der Waals surface area contributed by atoms with Crippen molar-refractivity contribution in [2.75, 3.05) is 0 Å². The van der Waals surface area contributed by atoms with E-state index in [1.54, 1.807) is 6.20 Å². The van der Waals surface area contributed by atoms with E-state index in [1.165, 1.54) is 16.7 Å². The normalized spacial score (nSPS) is 12.4. The quantitative estimate of drug-likeness (QED) is 0.865. The first-order valence-corrected chi connectivity index (χ1v) is 5.94. The Balaban J connectivity index is 1.96. The van der Waals surface area contributed by atoms with E-state index in [9.17, 15) is 0 Å². The Morgan fingerprint density at radius 1 is 1.24 bits per heavy atom. The third kappa shape index (κ3) is 3.40. The number of hydrogen-bond acceptors (Lipinski definition) is 2. The minimum atomic E-state index is 0.357. The summed E-state index contributed by atoms with van der Waals surface area (Å²) in [6.45, 7) is 5.16. The van der Waals surface area contributed by atoms with Crippen LogP contribution in [0.1, 0.15) is 29.7 Å². The van der Waals surface area contributed by atoms with Crippen LogP contribution in [-0.2, 0) is 6.54 Å². The van der Waals surface area contributed by atoms with Gasteiger partial charge in [0.15, 0.2) is 0 Å². The largest absolute Gasteiger partial charge is 0.306 e. The fourth-order valence-electron chi connectivity index (χ4n) is 1.83. The molecule has 0 aliphatic heterocycles. The molecule has 0 amide bonds. The number of aryl methyl sites for hydroxylation is 1. The number of nitrogens with zero attached hydrogens (tertiary/aromatic N) is 1. The standard InChI is InChI=1S/C15H18N2/c1-12-5-3-7-15(9-12)13(2)17-11-14-6-4-8-16-10-14/h3-10,13,17H,11H2,1-2H3/t13-/m0/s1. The van der Waals surface area contributed by atoms with Gasteiger partial charge in [0.25, 0.3) is 0 Å². The second-order valence-electron chi connectivity index (χ2n) is 4.38. The van der Waals surface area contributed by atoms with E-state index >= 15 is 0 Å². The summed E-state index contributed by atoms with van der Waals surface area (Å²) in [5, 5.41) is 3.50. The zero-order valence-corrected chi connectivity index (χ0v) is 10.4. The lowest BCUT2D eigenvalue weighted by Gasteiger charge is -2.14. The molecule has 2 rings (SSSR count). The van der Waals surface area contributed by atoms with Gasteiger partial charge in [-0.2, -0.15) is 0 Å². The minimum absolute atomic E-state index is 0.357. The van der Waals surface area contributed by atoms with Crippen LogP contribution < -0.4 is 5.32 Å². The fraction of sp³-hybridized carbons (Fsp3) is 0.267. The lowest BCUT2D eigenvalue weighted by Crippen LogP contribution is -2.18. The SMILES string of the molecule is Cc1cccc([C@H](C)NCc2cccnc2)c1. The van der Waals surface area contributed by atoms with Crippen LogP contribution in [0.2, 0.25) is 0 Å². The Kier molecular flexibility index (Phi) is 3.89. The topological polar surface area (TPSA) is 24.9 Å². The molecule has 0 bridgehead atoms. The highest BCUT2D eigenvalue weighted by molar-refractivity contribution is 5.24. The van der Waals surface area contributed by atoms with Gasteiger partial charge >= 0.3 is 0 Å². The van der Waals surface area contributed by atoms with Gasteiger partial charge in [-0.05, 0) is 31.0 Å². The molecular weight excluding hydrogens is 208 g/mol. The number of rotatable bonds is 4. The van der Waals surface area contributed by atoms with Crippen LogP contribution >= 0.6 is 0 Å². The van der Waals surface area contributed by atoms with Crippen LogP contribution in [0.3, 0.4) is 0 Å². The molecule has 0 spiro atoms. The van der Waals surface area contributed by atoms with Crippen molar-refractivity contribution in [1.82, 2.24) is 10.3 Å². The predicted octanol–water partition coefficient (Wildman–Crippen LogP) is 3.24. The summed E-state index contributed by atoms with van der Waals surface area (Å²) in [5.74, 6) is 0. The fourth-order valence-corrected chi connectivity index (χ4v) is 1.83. The summed E-state index contributed by atoms with van der Waals surface area (Å²) in [6, 6.07) is 13.0. The second kappa shape index (κ2) is 5.60. The molecule has 1 heterocycles. The molecule has 2 aromatic rings.